The SMILES string of the molecule is CNC(=O)C(C)c1ccccc1CCc1nc(C)ncc1C(F)(F)F. The minimum Gasteiger partial charge on any atom is -0.359 e. The number of carbonyl (C=O) groups excluding carboxylic acids is 1. The van der Waals surface area contributed by atoms with E-state index < -0.39 is 11.7 Å². The monoisotopic (exact) mass is 351 g/mol. The van der Waals surface area contributed by atoms with E-state index in [4.69, 9.17) is 0 Å². The molecule has 0 spiro atoms. The standard InChI is InChI=1S/C18H20F3N3O/c1-11(17(25)22-3)14-7-5-4-6-13(14)8-9-16-15(18(19,20)21)10-23-12(2)24-16/h4-7,10-11H,8-9H2,1-3H3,(H,22,25). The summed E-state index contributed by atoms with van der Waals surface area (Å²) in [7, 11) is 1.56. The van der Waals surface area contributed by atoms with Gasteiger partial charge in [-0.1, -0.05) is 24.3 Å². The number of nitrogens with zero attached hydrogens (tertiary/aromatic N) is 2. The summed E-state index contributed by atoms with van der Waals surface area (Å²) in [5, 5.41) is 2.59. The summed E-state index contributed by atoms with van der Waals surface area (Å²) in [5.74, 6) is -0.216. The van der Waals surface area contributed by atoms with Crippen molar-refractivity contribution >= 4 is 5.91 Å². The number of benzene rings is 1. The number of amides is 1. The summed E-state index contributed by atoms with van der Waals surface area (Å²) in [6.07, 6.45) is -3.18. The summed E-state index contributed by atoms with van der Waals surface area (Å²) in [6.45, 7) is 3.33. The molecule has 0 bridgehead atoms. The van der Waals surface area contributed by atoms with Gasteiger partial charge in [0, 0.05) is 13.2 Å². The molecule has 1 unspecified atom stereocenters. The van der Waals surface area contributed by atoms with E-state index in [9.17, 15) is 18.0 Å². The van der Waals surface area contributed by atoms with Crippen molar-refractivity contribution in [3.63, 3.8) is 0 Å². The zero-order chi connectivity index (χ0) is 18.6. The van der Waals surface area contributed by atoms with Gasteiger partial charge in [-0.15, -0.1) is 0 Å². The van der Waals surface area contributed by atoms with Crippen LogP contribution in [0.5, 0.6) is 0 Å². The maximum absolute atomic E-state index is 13.1. The van der Waals surface area contributed by atoms with E-state index in [0.29, 0.717) is 12.2 Å². The average Bonchev–Trinajstić information content (AvgIpc) is 2.57. The van der Waals surface area contributed by atoms with Crippen molar-refractivity contribution in [2.45, 2.75) is 38.8 Å². The van der Waals surface area contributed by atoms with Crippen LogP contribution in [0, 0.1) is 6.92 Å². The van der Waals surface area contributed by atoms with Gasteiger partial charge in [0.2, 0.25) is 5.91 Å². The lowest BCUT2D eigenvalue weighted by Gasteiger charge is -2.16. The van der Waals surface area contributed by atoms with Crippen LogP contribution in [0.4, 0.5) is 13.2 Å². The molecule has 0 aliphatic rings. The molecule has 1 heterocycles. The first kappa shape index (κ1) is 18.9. The van der Waals surface area contributed by atoms with Gasteiger partial charge in [-0.2, -0.15) is 13.2 Å². The highest BCUT2D eigenvalue weighted by Gasteiger charge is 2.34. The van der Waals surface area contributed by atoms with E-state index in [-0.39, 0.29) is 23.9 Å². The Kier molecular flexibility index (Phi) is 5.77. The van der Waals surface area contributed by atoms with Gasteiger partial charge in [0.1, 0.15) is 5.82 Å². The van der Waals surface area contributed by atoms with Gasteiger partial charge in [0.05, 0.1) is 17.2 Å². The summed E-state index contributed by atoms with van der Waals surface area (Å²) in [6, 6.07) is 7.28. The molecule has 1 aromatic heterocycles. The molecule has 2 aromatic rings. The van der Waals surface area contributed by atoms with Crippen molar-refractivity contribution in [3.8, 4) is 0 Å². The van der Waals surface area contributed by atoms with Crippen LogP contribution in [0.15, 0.2) is 30.5 Å². The second-order valence-corrected chi connectivity index (χ2v) is 5.81. The van der Waals surface area contributed by atoms with E-state index >= 15 is 0 Å². The molecule has 0 aliphatic heterocycles. The van der Waals surface area contributed by atoms with Crippen molar-refractivity contribution in [2.75, 3.05) is 7.05 Å². The number of hydrogen-bond donors (Lipinski definition) is 1. The smallest absolute Gasteiger partial charge is 0.359 e. The predicted octanol–water partition coefficient (Wildman–Crippen LogP) is 3.44. The lowest BCUT2D eigenvalue weighted by Crippen LogP contribution is -2.24. The third kappa shape index (κ3) is 4.55. The number of rotatable bonds is 5. The number of nitrogens with one attached hydrogen (secondary N) is 1. The highest BCUT2D eigenvalue weighted by Crippen LogP contribution is 2.31. The summed E-state index contributed by atoms with van der Waals surface area (Å²) in [5.41, 5.74) is 0.807. The summed E-state index contributed by atoms with van der Waals surface area (Å²) >= 11 is 0. The Morgan fingerprint density at radius 1 is 1.24 bits per heavy atom. The zero-order valence-electron chi connectivity index (χ0n) is 14.3. The molecular weight excluding hydrogens is 331 g/mol. The van der Waals surface area contributed by atoms with Crippen molar-refractivity contribution in [1.82, 2.24) is 15.3 Å². The molecule has 0 aliphatic carbocycles. The molecule has 1 aromatic carbocycles. The predicted molar refractivity (Wildman–Crippen MR) is 88.1 cm³/mol. The van der Waals surface area contributed by atoms with E-state index in [1.54, 1.807) is 20.9 Å². The Balaban J connectivity index is 2.29. The van der Waals surface area contributed by atoms with Crippen molar-refractivity contribution in [1.29, 1.82) is 0 Å². The minimum atomic E-state index is -4.49. The van der Waals surface area contributed by atoms with Gasteiger partial charge >= 0.3 is 6.18 Å². The van der Waals surface area contributed by atoms with Gasteiger partial charge in [0.15, 0.2) is 0 Å². The Morgan fingerprint density at radius 2 is 1.92 bits per heavy atom. The summed E-state index contributed by atoms with van der Waals surface area (Å²) < 4.78 is 39.4. The van der Waals surface area contributed by atoms with E-state index in [1.165, 1.54) is 0 Å². The first-order valence-corrected chi connectivity index (χ1v) is 7.93. The van der Waals surface area contributed by atoms with Crippen LogP contribution >= 0.6 is 0 Å². The molecule has 0 saturated heterocycles. The molecule has 7 heteroatoms. The van der Waals surface area contributed by atoms with Gasteiger partial charge < -0.3 is 5.32 Å². The van der Waals surface area contributed by atoms with Crippen molar-refractivity contribution < 1.29 is 18.0 Å². The van der Waals surface area contributed by atoms with Gasteiger partial charge in [-0.3, -0.25) is 4.79 Å². The Hall–Kier alpha value is -2.44. The van der Waals surface area contributed by atoms with E-state index in [1.807, 2.05) is 24.3 Å². The quantitative estimate of drug-likeness (QED) is 0.898. The van der Waals surface area contributed by atoms with E-state index in [0.717, 1.165) is 17.3 Å². The van der Waals surface area contributed by atoms with Gasteiger partial charge in [-0.25, -0.2) is 9.97 Å². The van der Waals surface area contributed by atoms with Crippen LogP contribution in [0.3, 0.4) is 0 Å². The van der Waals surface area contributed by atoms with E-state index in [2.05, 4.69) is 15.3 Å². The fraction of sp³-hybridized carbons (Fsp3) is 0.389. The number of alkyl halides is 3. The highest BCUT2D eigenvalue weighted by atomic mass is 19.4. The fourth-order valence-electron chi connectivity index (χ4n) is 2.74. The molecule has 4 nitrogen and oxygen atoms in total. The highest BCUT2D eigenvalue weighted by molar-refractivity contribution is 5.83. The number of likely N-dealkylation sites (N-methyl/N-ethyl adjacent to an activating group) is 1. The Labute approximate surface area is 144 Å². The van der Waals surface area contributed by atoms with Crippen LogP contribution in [-0.2, 0) is 23.8 Å². The van der Waals surface area contributed by atoms with Crippen molar-refractivity contribution in [3.05, 3.63) is 58.7 Å². The van der Waals surface area contributed by atoms with Crippen molar-refractivity contribution in [2.24, 2.45) is 0 Å². The zero-order valence-corrected chi connectivity index (χ0v) is 14.3. The number of halogens is 3. The Bertz CT molecular complexity index is 759. The molecule has 1 N–H and O–H groups in total. The second-order valence-electron chi connectivity index (χ2n) is 5.81. The first-order chi connectivity index (χ1) is 11.7. The molecule has 0 fully saturated rings. The van der Waals surface area contributed by atoms with Gasteiger partial charge in [-0.05, 0) is 37.8 Å². The largest absolute Gasteiger partial charge is 0.419 e. The molecule has 1 atom stereocenters. The van der Waals surface area contributed by atoms with Gasteiger partial charge in [0.25, 0.3) is 0 Å². The van der Waals surface area contributed by atoms with Crippen LogP contribution in [0.25, 0.3) is 0 Å². The third-order valence-electron chi connectivity index (χ3n) is 4.09. The normalized spacial score (nSPS) is 12.7. The second kappa shape index (κ2) is 7.63. The third-order valence-corrected chi connectivity index (χ3v) is 4.09. The number of hydrogen-bond acceptors (Lipinski definition) is 3. The average molecular weight is 351 g/mol. The molecule has 2 rings (SSSR count). The lowest BCUT2D eigenvalue weighted by molar-refractivity contribution is -0.138. The van der Waals surface area contributed by atoms with Crippen LogP contribution in [-0.4, -0.2) is 22.9 Å². The molecule has 25 heavy (non-hydrogen) atoms. The minimum absolute atomic E-state index is 0.0256. The topological polar surface area (TPSA) is 54.9 Å². The lowest BCUT2D eigenvalue weighted by atomic mass is 9.92. The number of aryl methyl sites for hydroxylation is 3. The summed E-state index contributed by atoms with van der Waals surface area (Å²) in [4.78, 5) is 19.5. The molecule has 1 amide bonds. The molecular formula is C18H20F3N3O. The molecule has 134 valence electrons. The number of aromatic nitrogens is 2. The maximum Gasteiger partial charge on any atom is 0.419 e. The van der Waals surface area contributed by atoms with Crippen LogP contribution in [0.1, 0.15) is 41.1 Å². The number of carbonyl (C=O) groups is 1. The Morgan fingerprint density at radius 3 is 2.56 bits per heavy atom. The maximum atomic E-state index is 13.1. The van der Waals surface area contributed by atoms with Crippen LogP contribution < -0.4 is 5.32 Å². The fourth-order valence-corrected chi connectivity index (χ4v) is 2.74. The first-order valence-electron chi connectivity index (χ1n) is 7.93. The molecule has 0 saturated carbocycles. The van der Waals surface area contributed by atoms with Crippen LogP contribution in [0.2, 0.25) is 0 Å². The molecule has 0 radical (unpaired) electrons.